The zero-order valence-corrected chi connectivity index (χ0v) is 20.7. The number of carbonyl (C=O) groups is 1. The lowest BCUT2D eigenvalue weighted by atomic mass is 10.1. The van der Waals surface area contributed by atoms with E-state index in [-0.39, 0.29) is 33.9 Å². The van der Waals surface area contributed by atoms with Gasteiger partial charge in [-0.25, -0.2) is 22.1 Å². The van der Waals surface area contributed by atoms with Gasteiger partial charge in [-0.3, -0.25) is 4.79 Å². The van der Waals surface area contributed by atoms with E-state index in [0.717, 1.165) is 40.7 Å². The topological polar surface area (TPSA) is 93.3 Å². The number of fused-ring (bicyclic) bond motifs is 3. The van der Waals surface area contributed by atoms with Gasteiger partial charge in [0.1, 0.15) is 0 Å². The Kier molecular flexibility index (Phi) is 5.51. The third-order valence-electron chi connectivity index (χ3n) is 7.30. The molecular weight excluding hydrogens is 502 g/mol. The van der Waals surface area contributed by atoms with Crippen LogP contribution in [0.2, 0.25) is 0 Å². The number of aryl methyl sites for hydroxylation is 1. The average molecular weight is 527 g/mol. The number of hydrogen-bond acceptors (Lipinski definition) is 6. The van der Waals surface area contributed by atoms with E-state index in [9.17, 15) is 22.0 Å². The average Bonchev–Trinajstić information content (AvgIpc) is 3.58. The highest BCUT2D eigenvalue weighted by atomic mass is 32.2. The largest absolute Gasteiger partial charge is 0.367 e. The molecule has 2 bridgehead atoms. The molecule has 6 rings (SSSR count). The third kappa shape index (κ3) is 3.78. The smallest absolute Gasteiger partial charge is 0.333 e. The number of piperazine rings is 1. The summed E-state index contributed by atoms with van der Waals surface area (Å²) in [5, 5.41) is 4.30. The summed E-state index contributed by atoms with van der Waals surface area (Å²) < 4.78 is 56.1. The fourth-order valence-electron chi connectivity index (χ4n) is 5.48. The Labute approximate surface area is 212 Å². The van der Waals surface area contributed by atoms with Crippen molar-refractivity contribution >= 4 is 33.2 Å². The van der Waals surface area contributed by atoms with Crippen molar-refractivity contribution in [2.24, 2.45) is 0 Å². The van der Waals surface area contributed by atoms with Crippen LogP contribution in [0.15, 0.2) is 59.9 Å². The zero-order chi connectivity index (χ0) is 25.9. The normalized spacial score (nSPS) is 19.8. The van der Waals surface area contributed by atoms with Crippen molar-refractivity contribution in [3.05, 3.63) is 60.6 Å². The second-order valence-electron chi connectivity index (χ2n) is 9.51. The maximum absolute atomic E-state index is 13.9. The van der Waals surface area contributed by atoms with Gasteiger partial charge in [0.25, 0.3) is 10.0 Å². The van der Waals surface area contributed by atoms with Crippen LogP contribution in [0.3, 0.4) is 0 Å². The highest BCUT2D eigenvalue weighted by Crippen LogP contribution is 2.39. The molecule has 37 heavy (non-hydrogen) atoms. The van der Waals surface area contributed by atoms with Crippen LogP contribution in [-0.2, 0) is 14.8 Å². The molecule has 3 aromatic heterocycles. The summed E-state index contributed by atoms with van der Waals surface area (Å²) in [4.78, 5) is 20.1. The fourth-order valence-corrected chi connectivity index (χ4v) is 6.96. The quantitative estimate of drug-likeness (QED) is 0.356. The second-order valence-corrected chi connectivity index (χ2v) is 11.3. The molecule has 0 spiro atoms. The molecule has 2 saturated heterocycles. The summed E-state index contributed by atoms with van der Waals surface area (Å²) in [7, 11) is -4.14. The second kappa shape index (κ2) is 8.65. The van der Waals surface area contributed by atoms with E-state index in [0.29, 0.717) is 23.2 Å². The molecule has 9 nitrogen and oxygen atoms in total. The van der Waals surface area contributed by atoms with E-state index in [1.807, 2.05) is 17.9 Å². The third-order valence-corrected chi connectivity index (χ3v) is 9.01. The Morgan fingerprint density at radius 3 is 2.41 bits per heavy atom. The standard InChI is InChI=1S/C25H24F2N6O3S/c1-16-2-6-20(7-3-16)37(35,36)33-23(17-11-29-32(12-17)25(26)27)10-21-22(8-9-28-24(21)33)30-13-18-4-5-19(14-30)31(18)15-34/h2-3,6-12,15,18-19,25H,4-5,13-14H2,1H3. The molecule has 1 aromatic carbocycles. The highest BCUT2D eigenvalue weighted by Gasteiger charge is 2.40. The molecule has 192 valence electrons. The summed E-state index contributed by atoms with van der Waals surface area (Å²) in [6, 6.07) is 10.1. The predicted octanol–water partition coefficient (Wildman–Crippen LogP) is 3.65. The summed E-state index contributed by atoms with van der Waals surface area (Å²) in [5.74, 6) is 0. The first kappa shape index (κ1) is 23.6. The molecule has 4 aromatic rings. The number of anilines is 1. The van der Waals surface area contributed by atoms with E-state index >= 15 is 0 Å². The molecular formula is C25H24F2N6O3S. The van der Waals surface area contributed by atoms with Gasteiger partial charge in [-0.15, -0.1) is 0 Å². The van der Waals surface area contributed by atoms with Gasteiger partial charge < -0.3 is 9.80 Å². The van der Waals surface area contributed by atoms with Crippen molar-refractivity contribution in [1.29, 1.82) is 0 Å². The molecule has 0 aliphatic carbocycles. The van der Waals surface area contributed by atoms with Crippen molar-refractivity contribution < 1.29 is 22.0 Å². The molecule has 2 atom stereocenters. The number of amides is 1. The number of benzene rings is 1. The Morgan fingerprint density at radius 2 is 1.78 bits per heavy atom. The van der Waals surface area contributed by atoms with E-state index in [4.69, 9.17) is 0 Å². The first-order valence-corrected chi connectivity index (χ1v) is 13.3. The molecule has 2 aliphatic rings. The summed E-state index contributed by atoms with van der Waals surface area (Å²) >= 11 is 0. The van der Waals surface area contributed by atoms with Crippen molar-refractivity contribution in [3.8, 4) is 11.3 Å². The van der Waals surface area contributed by atoms with E-state index < -0.39 is 16.6 Å². The number of rotatable bonds is 6. The molecule has 12 heteroatoms. The van der Waals surface area contributed by atoms with Gasteiger partial charge in [0.15, 0.2) is 5.65 Å². The summed E-state index contributed by atoms with van der Waals surface area (Å²) in [6.45, 7) is 0.224. The SMILES string of the molecule is Cc1ccc(S(=O)(=O)n2c(-c3cnn(C(F)F)c3)cc3c(N4CC5CCC(C4)N5C=O)ccnc32)cc1. The van der Waals surface area contributed by atoms with Crippen molar-refractivity contribution in [2.75, 3.05) is 18.0 Å². The van der Waals surface area contributed by atoms with Crippen LogP contribution in [-0.4, -0.2) is 63.6 Å². The lowest BCUT2D eigenvalue weighted by molar-refractivity contribution is -0.121. The van der Waals surface area contributed by atoms with Gasteiger partial charge in [-0.2, -0.15) is 13.9 Å². The van der Waals surface area contributed by atoms with Crippen LogP contribution in [0.4, 0.5) is 14.5 Å². The van der Waals surface area contributed by atoms with Gasteiger partial charge in [-0.05, 0) is 44.0 Å². The van der Waals surface area contributed by atoms with Gasteiger partial charge in [0.2, 0.25) is 6.41 Å². The monoisotopic (exact) mass is 526 g/mol. The number of halogens is 2. The van der Waals surface area contributed by atoms with Crippen molar-refractivity contribution in [3.63, 3.8) is 0 Å². The molecule has 1 amide bonds. The van der Waals surface area contributed by atoms with Gasteiger partial charge in [0, 0.05) is 54.2 Å². The van der Waals surface area contributed by atoms with Crippen LogP contribution in [0.25, 0.3) is 22.3 Å². The van der Waals surface area contributed by atoms with Gasteiger partial charge in [-0.1, -0.05) is 17.7 Å². The maximum Gasteiger partial charge on any atom is 0.333 e. The first-order chi connectivity index (χ1) is 17.8. The van der Waals surface area contributed by atoms with E-state index in [1.54, 1.807) is 24.4 Å². The molecule has 2 unspecified atom stereocenters. The molecule has 0 saturated carbocycles. The van der Waals surface area contributed by atoms with Crippen LogP contribution in [0.1, 0.15) is 25.0 Å². The Morgan fingerprint density at radius 1 is 1.08 bits per heavy atom. The van der Waals surface area contributed by atoms with Gasteiger partial charge in [0.05, 0.1) is 16.8 Å². The molecule has 2 aliphatic heterocycles. The van der Waals surface area contributed by atoms with Crippen LogP contribution in [0, 0.1) is 6.92 Å². The van der Waals surface area contributed by atoms with Crippen LogP contribution < -0.4 is 4.90 Å². The molecule has 0 N–H and O–H groups in total. The Balaban J connectivity index is 1.55. The number of nitrogens with zero attached hydrogens (tertiary/aromatic N) is 6. The van der Waals surface area contributed by atoms with Crippen LogP contribution in [0.5, 0.6) is 0 Å². The first-order valence-electron chi connectivity index (χ1n) is 11.9. The minimum atomic E-state index is -4.14. The van der Waals surface area contributed by atoms with Gasteiger partial charge >= 0.3 is 6.55 Å². The minimum absolute atomic E-state index is 0.0583. The van der Waals surface area contributed by atoms with Crippen LogP contribution >= 0.6 is 0 Å². The van der Waals surface area contributed by atoms with E-state index in [2.05, 4.69) is 15.0 Å². The lowest BCUT2D eigenvalue weighted by Gasteiger charge is -2.40. The zero-order valence-electron chi connectivity index (χ0n) is 19.9. The molecule has 2 fully saturated rings. The minimum Gasteiger partial charge on any atom is -0.367 e. The van der Waals surface area contributed by atoms with E-state index in [1.165, 1.54) is 18.3 Å². The van der Waals surface area contributed by atoms with Crippen molar-refractivity contribution in [2.45, 2.75) is 43.3 Å². The number of hydrogen-bond donors (Lipinski definition) is 0. The Bertz CT molecular complexity index is 1580. The fraction of sp³-hybridized carbons (Fsp3) is 0.320. The highest BCUT2D eigenvalue weighted by molar-refractivity contribution is 7.90. The molecule has 5 heterocycles. The van der Waals surface area contributed by atoms with Crippen molar-refractivity contribution in [1.82, 2.24) is 23.6 Å². The number of pyridine rings is 1. The summed E-state index contributed by atoms with van der Waals surface area (Å²) in [6.07, 6.45) is 6.64. The summed E-state index contributed by atoms with van der Waals surface area (Å²) in [5.41, 5.74) is 2.30. The predicted molar refractivity (Wildman–Crippen MR) is 133 cm³/mol. The number of alkyl halides is 2. The number of aromatic nitrogens is 4. The Hall–Kier alpha value is -3.80. The number of carbonyl (C=O) groups excluding carboxylic acids is 1. The maximum atomic E-state index is 13.9. The lowest BCUT2D eigenvalue weighted by Crippen LogP contribution is -2.53. The molecule has 0 radical (unpaired) electrons.